The lowest BCUT2D eigenvalue weighted by Gasteiger charge is -2.47. The fourth-order valence-electron chi connectivity index (χ4n) is 5.90. The summed E-state index contributed by atoms with van der Waals surface area (Å²) in [7, 11) is 1.52. The molecule has 6 unspecified atom stereocenters. The summed E-state index contributed by atoms with van der Waals surface area (Å²) in [4.78, 5) is 12.5. The van der Waals surface area contributed by atoms with Gasteiger partial charge < -0.3 is 59.3 Å². The van der Waals surface area contributed by atoms with Crippen LogP contribution in [0.3, 0.4) is 0 Å². The van der Waals surface area contributed by atoms with Crippen LogP contribution in [0, 0.1) is 5.92 Å². The Hall–Kier alpha value is -0.970. The molecule has 226 valence electrons. The number of carbonyl (C=O) groups is 1. The number of ether oxygens (including phenoxy) is 6. The fourth-order valence-corrected chi connectivity index (χ4v) is 5.90. The quantitative estimate of drug-likeness (QED) is 0.221. The molecule has 14 atom stereocenters. The van der Waals surface area contributed by atoms with Gasteiger partial charge in [-0.15, -0.1) is 0 Å². The Morgan fingerprint density at radius 1 is 0.846 bits per heavy atom. The summed E-state index contributed by atoms with van der Waals surface area (Å²) in [5, 5.41) is 54.4. The van der Waals surface area contributed by atoms with Gasteiger partial charge in [0.25, 0.3) is 0 Å². The van der Waals surface area contributed by atoms with Crippen LogP contribution >= 0.6 is 0 Å². The van der Waals surface area contributed by atoms with Crippen molar-refractivity contribution in [3.05, 3.63) is 0 Å². The number of aliphatic hydroxyl groups excluding tert-OH is 5. The Morgan fingerprint density at radius 3 is 2.33 bits per heavy atom. The van der Waals surface area contributed by atoms with Crippen molar-refractivity contribution in [3.8, 4) is 0 Å². The molecular weight excluding hydrogens is 518 g/mol. The van der Waals surface area contributed by atoms with Gasteiger partial charge in [0.2, 0.25) is 5.91 Å². The first-order valence-electron chi connectivity index (χ1n) is 14.1. The van der Waals surface area contributed by atoms with Gasteiger partial charge in [-0.05, 0) is 44.9 Å². The number of likely N-dealkylation sites (N-methyl/N-ethyl adjacent to an activating group) is 1. The molecular formula is C26H45NO12. The second-order valence-electron chi connectivity index (χ2n) is 11.1. The highest BCUT2D eigenvalue weighted by molar-refractivity contribution is 5.80. The van der Waals surface area contributed by atoms with E-state index in [0.717, 1.165) is 12.8 Å². The Labute approximate surface area is 228 Å². The van der Waals surface area contributed by atoms with E-state index in [-0.39, 0.29) is 11.8 Å². The van der Waals surface area contributed by atoms with E-state index in [2.05, 4.69) is 5.32 Å². The number of aliphatic hydroxyl groups is 5. The molecule has 0 aromatic rings. The van der Waals surface area contributed by atoms with Crippen LogP contribution < -0.4 is 5.32 Å². The van der Waals surface area contributed by atoms with E-state index in [1.54, 1.807) is 6.92 Å². The minimum atomic E-state index is -1.46. The zero-order valence-corrected chi connectivity index (χ0v) is 22.8. The van der Waals surface area contributed by atoms with Crippen LogP contribution in [0.1, 0.15) is 52.4 Å². The predicted molar refractivity (Wildman–Crippen MR) is 133 cm³/mol. The third-order valence-electron chi connectivity index (χ3n) is 8.31. The molecule has 13 heteroatoms. The molecule has 4 aliphatic rings. The zero-order chi connectivity index (χ0) is 28.3. The third-order valence-corrected chi connectivity index (χ3v) is 8.31. The lowest BCUT2D eigenvalue weighted by atomic mass is 9.85. The summed E-state index contributed by atoms with van der Waals surface area (Å²) in [6, 6.07) is 0. The van der Waals surface area contributed by atoms with Crippen molar-refractivity contribution in [2.24, 2.45) is 5.92 Å². The summed E-state index contributed by atoms with van der Waals surface area (Å²) >= 11 is 0. The first-order valence-corrected chi connectivity index (χ1v) is 14.1. The van der Waals surface area contributed by atoms with E-state index >= 15 is 0 Å². The van der Waals surface area contributed by atoms with Crippen molar-refractivity contribution in [3.63, 3.8) is 0 Å². The van der Waals surface area contributed by atoms with Crippen molar-refractivity contribution in [1.29, 1.82) is 0 Å². The summed E-state index contributed by atoms with van der Waals surface area (Å²) in [5.41, 5.74) is 0. The third kappa shape index (κ3) is 6.92. The van der Waals surface area contributed by atoms with E-state index in [0.29, 0.717) is 32.3 Å². The Kier molecular flexibility index (Phi) is 11.0. The molecule has 1 saturated carbocycles. The van der Waals surface area contributed by atoms with Crippen LogP contribution in [0.5, 0.6) is 0 Å². The highest BCUT2D eigenvalue weighted by Gasteiger charge is 2.51. The number of nitrogens with one attached hydrogen (secondary N) is 1. The number of amides is 1. The number of carbonyl (C=O) groups excluding carboxylic acids is 1. The molecule has 6 N–H and O–H groups in total. The molecule has 39 heavy (non-hydrogen) atoms. The molecule has 13 nitrogen and oxygen atoms in total. The summed E-state index contributed by atoms with van der Waals surface area (Å²) in [6.45, 7) is 3.42. The van der Waals surface area contributed by atoms with Crippen molar-refractivity contribution in [2.75, 3.05) is 20.3 Å². The molecule has 3 heterocycles. The molecule has 3 saturated heterocycles. The zero-order valence-electron chi connectivity index (χ0n) is 22.8. The average Bonchev–Trinajstić information content (AvgIpc) is 3.04. The van der Waals surface area contributed by atoms with Crippen LogP contribution in [0.2, 0.25) is 0 Å². The minimum absolute atomic E-state index is 0.00667. The van der Waals surface area contributed by atoms with Gasteiger partial charge in [-0.25, -0.2) is 0 Å². The molecule has 0 spiro atoms. The SMILES string of the molecule is CNC(=O)[C@H]1CCCCOC2C(O1)[C@@H](O)C(CO)O[C@H]2O[C@@H]1CCC[C@@H](C)C1O[C@@H]1OC(C)[C@@H](O)C(O)[C@@H]1O. The normalized spacial score (nSPS) is 47.8. The van der Waals surface area contributed by atoms with E-state index < -0.39 is 86.3 Å². The largest absolute Gasteiger partial charge is 0.394 e. The van der Waals surface area contributed by atoms with Crippen molar-refractivity contribution < 1.29 is 58.7 Å². The minimum Gasteiger partial charge on any atom is -0.394 e. The molecule has 0 radical (unpaired) electrons. The molecule has 4 rings (SSSR count). The standard InChI is InChI=1S/C26H45NO12/c1-12-7-6-9-14(21(12)39-25-20(32)19(31)17(29)13(2)35-25)37-26-23-22(18(30)16(11-28)38-26)36-15(24(33)27-3)8-4-5-10-34-23/h12-23,25-26,28-32H,4-11H2,1-3H3,(H,27,33)/t12-,13?,14-,15-,16?,17-,18+,19?,20+,21?,22?,23?,25+,26-/m1/s1. The predicted octanol–water partition coefficient (Wildman–Crippen LogP) is -1.45. The summed E-state index contributed by atoms with van der Waals surface area (Å²) < 4.78 is 36.5. The lowest BCUT2D eigenvalue weighted by molar-refractivity contribution is -0.351. The lowest BCUT2D eigenvalue weighted by Crippen LogP contribution is -2.63. The second-order valence-corrected chi connectivity index (χ2v) is 11.1. The highest BCUT2D eigenvalue weighted by Crippen LogP contribution is 2.36. The number of rotatable bonds is 6. The summed E-state index contributed by atoms with van der Waals surface area (Å²) in [5.74, 6) is -0.317. The van der Waals surface area contributed by atoms with Gasteiger partial charge in [-0.3, -0.25) is 4.79 Å². The second kappa shape index (κ2) is 13.8. The first-order chi connectivity index (χ1) is 18.7. The van der Waals surface area contributed by atoms with Crippen LogP contribution in [0.25, 0.3) is 0 Å². The molecule has 0 aromatic heterocycles. The van der Waals surface area contributed by atoms with Gasteiger partial charge in [0, 0.05) is 13.7 Å². The molecule has 0 aromatic carbocycles. The van der Waals surface area contributed by atoms with Gasteiger partial charge in [-0.1, -0.05) is 13.3 Å². The molecule has 3 aliphatic heterocycles. The topological polar surface area (TPSA) is 186 Å². The van der Waals surface area contributed by atoms with E-state index in [1.165, 1.54) is 7.05 Å². The molecule has 1 aliphatic carbocycles. The molecule has 0 bridgehead atoms. The Bertz CT molecular complexity index is 790. The number of hydrogen-bond acceptors (Lipinski definition) is 12. The molecule has 4 fully saturated rings. The maximum absolute atomic E-state index is 12.5. The maximum Gasteiger partial charge on any atom is 0.248 e. The van der Waals surface area contributed by atoms with Crippen LogP contribution in [0.4, 0.5) is 0 Å². The number of hydrogen-bond donors (Lipinski definition) is 6. The fraction of sp³-hybridized carbons (Fsp3) is 0.962. The number of fused-ring (bicyclic) bond motifs is 1. The van der Waals surface area contributed by atoms with Crippen LogP contribution in [0.15, 0.2) is 0 Å². The van der Waals surface area contributed by atoms with Gasteiger partial charge in [0.05, 0.1) is 24.9 Å². The smallest absolute Gasteiger partial charge is 0.248 e. The van der Waals surface area contributed by atoms with Gasteiger partial charge >= 0.3 is 0 Å². The highest BCUT2D eigenvalue weighted by atomic mass is 16.7. The van der Waals surface area contributed by atoms with E-state index in [4.69, 9.17) is 28.4 Å². The first kappa shape index (κ1) is 31.0. The van der Waals surface area contributed by atoms with Crippen LogP contribution in [-0.2, 0) is 33.2 Å². The summed E-state index contributed by atoms with van der Waals surface area (Å²) in [6.07, 6.45) is -9.16. The van der Waals surface area contributed by atoms with Crippen molar-refractivity contribution in [2.45, 2.75) is 132 Å². The van der Waals surface area contributed by atoms with E-state index in [1.807, 2.05) is 6.92 Å². The van der Waals surface area contributed by atoms with Gasteiger partial charge in [0.1, 0.15) is 48.8 Å². The monoisotopic (exact) mass is 563 g/mol. The van der Waals surface area contributed by atoms with Crippen molar-refractivity contribution >= 4 is 5.91 Å². The van der Waals surface area contributed by atoms with Crippen LogP contribution in [-0.4, -0.2) is 131 Å². The van der Waals surface area contributed by atoms with Crippen molar-refractivity contribution in [1.82, 2.24) is 5.32 Å². The van der Waals surface area contributed by atoms with Gasteiger partial charge in [-0.2, -0.15) is 0 Å². The average molecular weight is 564 g/mol. The Balaban J connectivity index is 1.54. The van der Waals surface area contributed by atoms with Gasteiger partial charge in [0.15, 0.2) is 12.6 Å². The Morgan fingerprint density at radius 2 is 1.62 bits per heavy atom. The van der Waals surface area contributed by atoms with E-state index in [9.17, 15) is 30.3 Å². The maximum atomic E-state index is 12.5. The molecule has 1 amide bonds.